The molecule has 36 heavy (non-hydrogen) atoms. The molecule has 0 spiro atoms. The number of amides is 2. The number of nitrogens with one attached hydrogen (secondary N) is 1. The van der Waals surface area contributed by atoms with Gasteiger partial charge in [0.2, 0.25) is 0 Å². The van der Waals surface area contributed by atoms with Crippen LogP contribution in [0, 0.1) is 18.7 Å². The average molecular weight is 488 g/mol. The monoisotopic (exact) mass is 487 g/mol. The molecule has 0 aromatic heterocycles. The van der Waals surface area contributed by atoms with Crippen molar-refractivity contribution in [2.45, 2.75) is 46.0 Å². The fourth-order valence-corrected chi connectivity index (χ4v) is 5.44. The van der Waals surface area contributed by atoms with E-state index >= 15 is 0 Å². The summed E-state index contributed by atoms with van der Waals surface area (Å²) in [6, 6.07) is 8.21. The normalized spacial score (nSPS) is 16.6. The Labute approximate surface area is 210 Å². The van der Waals surface area contributed by atoms with Gasteiger partial charge in [-0.15, -0.1) is 0 Å². The number of aryl methyl sites for hydroxylation is 1. The van der Waals surface area contributed by atoms with Gasteiger partial charge in [0.15, 0.2) is 0 Å². The number of aliphatic hydroxyl groups excluding tert-OH is 1. The number of halogens is 1. The van der Waals surface area contributed by atoms with Gasteiger partial charge in [0.05, 0.1) is 17.1 Å². The van der Waals surface area contributed by atoms with Crippen molar-refractivity contribution in [2.75, 3.05) is 28.3 Å². The van der Waals surface area contributed by atoms with E-state index in [1.54, 1.807) is 29.2 Å². The van der Waals surface area contributed by atoms with E-state index < -0.39 is 0 Å². The molecule has 0 saturated carbocycles. The van der Waals surface area contributed by atoms with Crippen molar-refractivity contribution in [3.63, 3.8) is 0 Å². The second-order valence-electron chi connectivity index (χ2n) is 9.55. The molecule has 3 aliphatic heterocycles. The zero-order valence-electron chi connectivity index (χ0n) is 20.6. The molecule has 0 saturated heterocycles. The molecule has 1 atom stereocenters. The summed E-state index contributed by atoms with van der Waals surface area (Å²) in [4.78, 5) is 30.3. The first-order chi connectivity index (χ1) is 17.4. The summed E-state index contributed by atoms with van der Waals surface area (Å²) in [6.07, 6.45) is 7.51. The second kappa shape index (κ2) is 9.76. The van der Waals surface area contributed by atoms with Gasteiger partial charge in [-0.3, -0.25) is 14.5 Å². The molecular weight excluding hydrogens is 457 g/mol. The predicted molar refractivity (Wildman–Crippen MR) is 138 cm³/mol. The molecule has 0 radical (unpaired) electrons. The number of hydrogen-bond donors (Lipinski definition) is 2. The summed E-state index contributed by atoms with van der Waals surface area (Å²) in [5.74, 6) is -0.569. The quantitative estimate of drug-likeness (QED) is 0.525. The minimum absolute atomic E-state index is 0.119. The summed E-state index contributed by atoms with van der Waals surface area (Å²) in [5, 5.41) is 12.4. The Balaban J connectivity index is 1.53. The second-order valence-corrected chi connectivity index (χ2v) is 9.55. The van der Waals surface area contributed by atoms with Crippen molar-refractivity contribution < 1.29 is 19.1 Å². The Morgan fingerprint density at radius 2 is 2.06 bits per heavy atom. The first-order valence-electron chi connectivity index (χ1n) is 12.6. The molecule has 2 aromatic rings. The maximum absolute atomic E-state index is 13.7. The number of aliphatic hydroxyl groups is 1. The van der Waals surface area contributed by atoms with Crippen molar-refractivity contribution in [3.8, 4) is 0 Å². The van der Waals surface area contributed by atoms with Crippen LogP contribution in [0.3, 0.4) is 0 Å². The number of benzene rings is 2. The highest BCUT2D eigenvalue weighted by molar-refractivity contribution is 6.15. The number of anilines is 3. The molecule has 0 unspecified atom stereocenters. The van der Waals surface area contributed by atoms with Crippen LogP contribution in [-0.4, -0.2) is 30.1 Å². The van der Waals surface area contributed by atoms with E-state index in [2.05, 4.69) is 18.0 Å². The number of rotatable bonds is 7. The van der Waals surface area contributed by atoms with E-state index in [0.717, 1.165) is 47.5 Å². The van der Waals surface area contributed by atoms with Gasteiger partial charge in [0.1, 0.15) is 11.5 Å². The standard InChI is InChI=1S/C29H30FN3O3/c1-3-6-19(7-5-14-34)25-8-4-9-26-28(35)31-23-17-22(18(2)15-27(23)33(25)26)29(36)32-13-12-20-16-21(30)10-11-24(20)32/h4,9-11,15-17,19,34H,3,5-7,12-14H2,1-2H3,(H,31,35)/t19-/m0/s1. The van der Waals surface area contributed by atoms with Crippen LogP contribution in [0.5, 0.6) is 0 Å². The molecule has 3 aliphatic rings. The molecule has 0 aliphatic carbocycles. The molecule has 3 heterocycles. The van der Waals surface area contributed by atoms with Crippen LogP contribution in [0.2, 0.25) is 0 Å². The predicted octanol–water partition coefficient (Wildman–Crippen LogP) is 5.22. The van der Waals surface area contributed by atoms with E-state index in [1.807, 2.05) is 17.9 Å². The fourth-order valence-electron chi connectivity index (χ4n) is 5.44. The molecule has 7 heteroatoms. The highest BCUT2D eigenvalue weighted by atomic mass is 19.1. The first-order valence-corrected chi connectivity index (χ1v) is 12.6. The van der Waals surface area contributed by atoms with Crippen LogP contribution in [0.4, 0.5) is 21.5 Å². The highest BCUT2D eigenvalue weighted by Gasteiger charge is 2.35. The van der Waals surface area contributed by atoms with Crippen molar-refractivity contribution in [1.29, 1.82) is 0 Å². The Hall–Kier alpha value is -3.67. The molecule has 186 valence electrons. The molecule has 6 nitrogen and oxygen atoms in total. The van der Waals surface area contributed by atoms with Crippen LogP contribution in [0.1, 0.15) is 54.1 Å². The Bertz CT molecular complexity index is 1340. The van der Waals surface area contributed by atoms with Crippen LogP contribution < -0.4 is 15.1 Å². The summed E-state index contributed by atoms with van der Waals surface area (Å²) >= 11 is 0. The molecule has 5 rings (SSSR count). The van der Waals surface area contributed by atoms with Crippen molar-refractivity contribution in [1.82, 2.24) is 0 Å². The molecule has 0 fully saturated rings. The van der Waals surface area contributed by atoms with Gasteiger partial charge in [-0.25, -0.2) is 4.39 Å². The number of hydrogen-bond acceptors (Lipinski definition) is 4. The fraction of sp³-hybridized carbons (Fsp3) is 0.345. The molecular formula is C29H30FN3O3. The maximum atomic E-state index is 13.7. The van der Waals surface area contributed by atoms with Gasteiger partial charge in [-0.05, 0) is 86.2 Å². The number of allylic oxidation sites excluding steroid dienone is 2. The van der Waals surface area contributed by atoms with E-state index in [4.69, 9.17) is 0 Å². The molecule has 2 aromatic carbocycles. The van der Waals surface area contributed by atoms with Crippen LogP contribution in [-0.2, 0) is 11.2 Å². The van der Waals surface area contributed by atoms with Gasteiger partial charge >= 0.3 is 0 Å². The van der Waals surface area contributed by atoms with Crippen LogP contribution in [0.15, 0.2) is 59.6 Å². The van der Waals surface area contributed by atoms with Gasteiger partial charge in [0, 0.05) is 30.3 Å². The third-order valence-electron chi connectivity index (χ3n) is 7.17. The number of carbonyl (C=O) groups is 2. The number of carbonyl (C=O) groups excluding carboxylic acids is 2. The molecule has 2 amide bonds. The summed E-state index contributed by atoms with van der Waals surface area (Å²) in [5.41, 5.74) is 9.02. The van der Waals surface area contributed by atoms with Crippen molar-refractivity contribution in [2.24, 2.45) is 5.92 Å². The Morgan fingerprint density at radius 1 is 1.22 bits per heavy atom. The first kappa shape index (κ1) is 24.0. The highest BCUT2D eigenvalue weighted by Crippen LogP contribution is 2.43. The topological polar surface area (TPSA) is 72.9 Å². The molecule has 2 N–H and O–H groups in total. The lowest BCUT2D eigenvalue weighted by molar-refractivity contribution is -0.113. The van der Waals surface area contributed by atoms with Crippen molar-refractivity contribution >= 4 is 28.9 Å². The lowest BCUT2D eigenvalue weighted by atomic mass is 9.91. The minimum Gasteiger partial charge on any atom is -0.396 e. The van der Waals surface area contributed by atoms with E-state index in [1.165, 1.54) is 12.1 Å². The zero-order chi connectivity index (χ0) is 25.4. The van der Waals surface area contributed by atoms with Gasteiger partial charge in [-0.2, -0.15) is 0 Å². The van der Waals surface area contributed by atoms with E-state index in [0.29, 0.717) is 36.3 Å². The third kappa shape index (κ3) is 4.15. The largest absolute Gasteiger partial charge is 0.396 e. The average Bonchev–Trinajstić information content (AvgIpc) is 3.29. The Morgan fingerprint density at radius 3 is 2.83 bits per heavy atom. The van der Waals surface area contributed by atoms with Gasteiger partial charge < -0.3 is 15.3 Å². The van der Waals surface area contributed by atoms with E-state index in [9.17, 15) is 19.1 Å². The maximum Gasteiger partial charge on any atom is 0.272 e. The van der Waals surface area contributed by atoms with Crippen LogP contribution in [0.25, 0.3) is 0 Å². The number of nitrogens with zero attached hydrogens (tertiary/aromatic N) is 2. The zero-order valence-corrected chi connectivity index (χ0v) is 20.6. The summed E-state index contributed by atoms with van der Waals surface area (Å²) in [6.45, 7) is 4.63. The van der Waals surface area contributed by atoms with E-state index in [-0.39, 0.29) is 30.2 Å². The van der Waals surface area contributed by atoms with Gasteiger partial charge in [-0.1, -0.05) is 19.1 Å². The SMILES string of the molecule is CCC[C@@H](CCCO)C1=C=CC=C2C(=O)Nc3cc(C(=O)N4CCc5cc(F)ccc54)c(C)cc3N12. The van der Waals surface area contributed by atoms with Gasteiger partial charge in [0.25, 0.3) is 11.8 Å². The Kier molecular flexibility index (Phi) is 6.52. The number of fused-ring (bicyclic) bond motifs is 4. The van der Waals surface area contributed by atoms with Crippen LogP contribution >= 0.6 is 0 Å². The lowest BCUT2D eigenvalue weighted by Crippen LogP contribution is -2.38. The summed E-state index contributed by atoms with van der Waals surface area (Å²) in [7, 11) is 0. The summed E-state index contributed by atoms with van der Waals surface area (Å²) < 4.78 is 13.7. The lowest BCUT2D eigenvalue weighted by Gasteiger charge is -2.38. The minimum atomic E-state index is -0.306. The third-order valence-corrected chi connectivity index (χ3v) is 7.17. The molecule has 0 bridgehead atoms. The smallest absolute Gasteiger partial charge is 0.272 e. The van der Waals surface area contributed by atoms with Crippen molar-refractivity contribution in [3.05, 3.63) is 82.1 Å².